The molecule has 1 aliphatic rings. The van der Waals surface area contributed by atoms with Crippen molar-refractivity contribution in [2.75, 3.05) is 32.8 Å². The fraction of sp³-hybridized carbons (Fsp3) is 0.316. The molecule has 0 saturated carbocycles. The Morgan fingerprint density at radius 2 is 2.16 bits per heavy atom. The van der Waals surface area contributed by atoms with Crippen LogP contribution in [0.1, 0.15) is 16.5 Å². The van der Waals surface area contributed by atoms with Crippen molar-refractivity contribution in [1.29, 1.82) is 0 Å². The van der Waals surface area contributed by atoms with Crippen LogP contribution in [0.4, 0.5) is 0 Å². The van der Waals surface area contributed by atoms with Gasteiger partial charge in [-0.3, -0.25) is 9.69 Å². The molecule has 2 heterocycles. The van der Waals surface area contributed by atoms with Crippen LogP contribution in [0, 0.1) is 0 Å². The lowest BCUT2D eigenvalue weighted by Gasteiger charge is -2.34. The molecule has 132 valence electrons. The minimum absolute atomic E-state index is 0.102. The van der Waals surface area contributed by atoms with E-state index in [4.69, 9.17) is 16.3 Å². The van der Waals surface area contributed by atoms with Crippen molar-refractivity contribution < 1.29 is 9.53 Å². The summed E-state index contributed by atoms with van der Waals surface area (Å²) in [4.78, 5) is 15.8. The van der Waals surface area contributed by atoms with E-state index < -0.39 is 0 Å². The number of thiophene rings is 1. The lowest BCUT2D eigenvalue weighted by molar-refractivity contribution is -0.116. The molecule has 1 unspecified atom stereocenters. The van der Waals surface area contributed by atoms with E-state index >= 15 is 0 Å². The van der Waals surface area contributed by atoms with Crippen molar-refractivity contribution in [3.05, 3.63) is 63.3 Å². The van der Waals surface area contributed by atoms with E-state index in [0.29, 0.717) is 11.6 Å². The van der Waals surface area contributed by atoms with E-state index in [2.05, 4.69) is 21.7 Å². The van der Waals surface area contributed by atoms with E-state index in [-0.39, 0.29) is 11.9 Å². The molecule has 0 aliphatic carbocycles. The predicted molar refractivity (Wildman–Crippen MR) is 103 cm³/mol. The first-order valence-electron chi connectivity index (χ1n) is 8.29. The summed E-state index contributed by atoms with van der Waals surface area (Å²) in [6, 6.07) is 11.8. The van der Waals surface area contributed by atoms with E-state index in [1.165, 1.54) is 4.88 Å². The molecule has 0 bridgehead atoms. The van der Waals surface area contributed by atoms with Gasteiger partial charge in [0, 0.05) is 35.6 Å². The minimum atomic E-state index is -0.102. The molecular weight excluding hydrogens is 356 g/mol. The third-order valence-corrected chi connectivity index (χ3v) is 5.31. The number of morpholine rings is 1. The molecule has 1 atom stereocenters. The molecular formula is C19H21ClN2O2S. The summed E-state index contributed by atoms with van der Waals surface area (Å²) in [5.41, 5.74) is 0.908. The van der Waals surface area contributed by atoms with Crippen LogP contribution in [0.3, 0.4) is 0 Å². The highest BCUT2D eigenvalue weighted by Crippen LogP contribution is 2.25. The maximum Gasteiger partial charge on any atom is 0.244 e. The van der Waals surface area contributed by atoms with Crippen LogP contribution in [0.2, 0.25) is 5.02 Å². The number of nitrogens with one attached hydrogen (secondary N) is 1. The molecule has 3 rings (SSSR count). The second-order valence-corrected chi connectivity index (χ2v) is 7.23. The van der Waals surface area contributed by atoms with Gasteiger partial charge in [-0.25, -0.2) is 0 Å². The van der Waals surface area contributed by atoms with Crippen LogP contribution in [0.25, 0.3) is 6.08 Å². The van der Waals surface area contributed by atoms with Crippen LogP contribution in [-0.2, 0) is 9.53 Å². The number of hydrogen-bond donors (Lipinski definition) is 1. The SMILES string of the molecule is O=C(C=Cc1cccc(Cl)c1)NCC(c1cccs1)N1CCOCC1. The third kappa shape index (κ3) is 5.41. The first kappa shape index (κ1) is 18.1. The predicted octanol–water partition coefficient (Wildman–Crippen LogP) is 3.60. The second kappa shape index (κ2) is 9.15. The van der Waals surface area contributed by atoms with Gasteiger partial charge in [0.05, 0.1) is 19.3 Å². The zero-order valence-electron chi connectivity index (χ0n) is 13.9. The van der Waals surface area contributed by atoms with Crippen LogP contribution < -0.4 is 5.32 Å². The highest BCUT2D eigenvalue weighted by molar-refractivity contribution is 7.10. The molecule has 2 aromatic rings. The van der Waals surface area contributed by atoms with Gasteiger partial charge < -0.3 is 10.1 Å². The zero-order valence-corrected chi connectivity index (χ0v) is 15.4. The Bertz CT molecular complexity index is 712. The Morgan fingerprint density at radius 1 is 1.32 bits per heavy atom. The standard InChI is InChI=1S/C19H21ClN2O2S/c20-16-4-1-3-15(13-16)6-7-19(23)21-14-17(18-5-2-12-25-18)22-8-10-24-11-9-22/h1-7,12-13,17H,8-11,14H2,(H,21,23). The first-order valence-corrected chi connectivity index (χ1v) is 9.55. The van der Waals surface area contributed by atoms with Crippen LogP contribution in [-0.4, -0.2) is 43.7 Å². The fourth-order valence-corrected chi connectivity index (χ4v) is 3.88. The Hall–Kier alpha value is -1.66. The van der Waals surface area contributed by atoms with Crippen molar-refractivity contribution in [2.45, 2.75) is 6.04 Å². The van der Waals surface area contributed by atoms with Gasteiger partial charge in [0.1, 0.15) is 0 Å². The first-order chi connectivity index (χ1) is 12.2. The van der Waals surface area contributed by atoms with Gasteiger partial charge in [0.25, 0.3) is 0 Å². The van der Waals surface area contributed by atoms with E-state index in [9.17, 15) is 4.79 Å². The molecule has 1 amide bonds. The lowest BCUT2D eigenvalue weighted by atomic mass is 10.2. The third-order valence-electron chi connectivity index (χ3n) is 4.10. The van der Waals surface area contributed by atoms with Gasteiger partial charge in [-0.2, -0.15) is 0 Å². The van der Waals surface area contributed by atoms with E-state index in [0.717, 1.165) is 31.9 Å². The van der Waals surface area contributed by atoms with Crippen LogP contribution in [0.5, 0.6) is 0 Å². The number of rotatable bonds is 6. The molecule has 25 heavy (non-hydrogen) atoms. The number of carbonyl (C=O) groups excluding carboxylic acids is 1. The summed E-state index contributed by atoms with van der Waals surface area (Å²) in [5.74, 6) is -0.102. The van der Waals surface area contributed by atoms with Gasteiger partial charge in [-0.15, -0.1) is 11.3 Å². The number of nitrogens with zero attached hydrogens (tertiary/aromatic N) is 1. The Morgan fingerprint density at radius 3 is 2.88 bits per heavy atom. The molecule has 1 fully saturated rings. The number of hydrogen-bond acceptors (Lipinski definition) is 4. The maximum absolute atomic E-state index is 12.2. The van der Waals surface area contributed by atoms with Gasteiger partial charge in [0.2, 0.25) is 5.91 Å². The normalized spacial score (nSPS) is 16.8. The number of carbonyl (C=O) groups is 1. The highest BCUT2D eigenvalue weighted by Gasteiger charge is 2.23. The summed E-state index contributed by atoms with van der Waals surface area (Å²) in [5, 5.41) is 5.75. The molecule has 0 spiro atoms. The quantitative estimate of drug-likeness (QED) is 0.783. The molecule has 1 aromatic carbocycles. The Balaban J connectivity index is 1.59. The number of benzene rings is 1. The summed E-state index contributed by atoms with van der Waals surface area (Å²) < 4.78 is 5.44. The Kier molecular flexibility index (Phi) is 6.64. The number of amides is 1. The minimum Gasteiger partial charge on any atom is -0.379 e. The molecule has 0 radical (unpaired) electrons. The van der Waals surface area contributed by atoms with Crippen LogP contribution >= 0.6 is 22.9 Å². The summed E-state index contributed by atoms with van der Waals surface area (Å²) >= 11 is 7.68. The van der Waals surface area contributed by atoms with Crippen molar-refractivity contribution in [1.82, 2.24) is 10.2 Å². The largest absolute Gasteiger partial charge is 0.379 e. The maximum atomic E-state index is 12.2. The average Bonchev–Trinajstić information content (AvgIpc) is 3.15. The highest BCUT2D eigenvalue weighted by atomic mass is 35.5. The van der Waals surface area contributed by atoms with Crippen molar-refractivity contribution in [2.24, 2.45) is 0 Å². The van der Waals surface area contributed by atoms with E-state index in [1.807, 2.05) is 30.3 Å². The van der Waals surface area contributed by atoms with Crippen molar-refractivity contribution in [3.63, 3.8) is 0 Å². The zero-order chi connectivity index (χ0) is 17.5. The van der Waals surface area contributed by atoms with Gasteiger partial charge in [-0.1, -0.05) is 29.8 Å². The molecule has 6 heteroatoms. The van der Waals surface area contributed by atoms with Crippen molar-refractivity contribution in [3.8, 4) is 0 Å². The van der Waals surface area contributed by atoms with E-state index in [1.54, 1.807) is 23.5 Å². The van der Waals surface area contributed by atoms with Crippen LogP contribution in [0.15, 0.2) is 47.9 Å². The molecule has 1 aromatic heterocycles. The summed E-state index contributed by atoms with van der Waals surface area (Å²) in [6.45, 7) is 3.84. The number of halogens is 1. The molecule has 4 nitrogen and oxygen atoms in total. The van der Waals surface area contributed by atoms with Crippen molar-refractivity contribution >= 4 is 34.9 Å². The monoisotopic (exact) mass is 376 g/mol. The second-order valence-electron chi connectivity index (χ2n) is 5.81. The van der Waals surface area contributed by atoms with Gasteiger partial charge in [-0.05, 0) is 35.2 Å². The van der Waals surface area contributed by atoms with Gasteiger partial charge >= 0.3 is 0 Å². The summed E-state index contributed by atoms with van der Waals surface area (Å²) in [6.07, 6.45) is 3.33. The smallest absolute Gasteiger partial charge is 0.244 e. The molecule has 1 N–H and O–H groups in total. The Labute approximate surface area is 157 Å². The number of ether oxygens (including phenoxy) is 1. The topological polar surface area (TPSA) is 41.6 Å². The lowest BCUT2D eigenvalue weighted by Crippen LogP contribution is -2.43. The molecule has 1 aliphatic heterocycles. The van der Waals surface area contributed by atoms with Gasteiger partial charge in [0.15, 0.2) is 0 Å². The summed E-state index contributed by atoms with van der Waals surface area (Å²) in [7, 11) is 0. The molecule has 1 saturated heterocycles. The average molecular weight is 377 g/mol. The fourth-order valence-electron chi connectivity index (χ4n) is 2.82.